The smallest absolute Gasteiger partial charge is 0.425 e. The standard InChI is InChI=1S/C17H17N5O6/c18-14-11-15(20-7-19-14)22(8-21-11)16-12(24)13(10(6-23)27-16)28-17(25)26-9-4-2-1-3-5-9/h1-5,7-8,10,12-13,16,23-24H,6H2,(H2,18,19,20)/t10-,12-,13-,16-/m1/s1. The molecule has 0 unspecified atom stereocenters. The first-order valence-electron chi connectivity index (χ1n) is 8.39. The lowest BCUT2D eigenvalue weighted by Gasteiger charge is -2.19. The molecule has 0 bridgehead atoms. The van der Waals surface area contributed by atoms with Crippen LogP contribution in [0, 0.1) is 0 Å². The van der Waals surface area contributed by atoms with Gasteiger partial charge in [-0.05, 0) is 12.1 Å². The van der Waals surface area contributed by atoms with E-state index >= 15 is 0 Å². The Bertz CT molecular complexity index is 981. The summed E-state index contributed by atoms with van der Waals surface area (Å²) in [6, 6.07) is 8.32. The molecule has 1 aliphatic rings. The van der Waals surface area contributed by atoms with Crippen LogP contribution in [0.15, 0.2) is 43.0 Å². The lowest BCUT2D eigenvalue weighted by atomic mass is 10.1. The van der Waals surface area contributed by atoms with E-state index in [2.05, 4.69) is 15.0 Å². The minimum atomic E-state index is -1.31. The first-order chi connectivity index (χ1) is 13.6. The number of nitrogens with two attached hydrogens (primary N) is 1. The topological polar surface area (TPSA) is 155 Å². The molecule has 1 aromatic carbocycles. The summed E-state index contributed by atoms with van der Waals surface area (Å²) in [5, 5.41) is 20.3. The van der Waals surface area contributed by atoms with Crippen LogP contribution in [-0.4, -0.2) is 60.8 Å². The van der Waals surface area contributed by atoms with Gasteiger partial charge in [0.25, 0.3) is 0 Å². The average Bonchev–Trinajstić information content (AvgIpc) is 3.25. The van der Waals surface area contributed by atoms with Crippen LogP contribution in [0.4, 0.5) is 10.6 Å². The summed E-state index contributed by atoms with van der Waals surface area (Å²) in [5.74, 6) is 0.458. The quantitative estimate of drug-likeness (QED) is 0.419. The van der Waals surface area contributed by atoms with Crippen LogP contribution in [0.2, 0.25) is 0 Å². The molecule has 0 spiro atoms. The summed E-state index contributed by atoms with van der Waals surface area (Å²) in [7, 11) is 0. The minimum Gasteiger partial charge on any atom is -0.425 e. The van der Waals surface area contributed by atoms with Gasteiger partial charge in [0.15, 0.2) is 23.8 Å². The van der Waals surface area contributed by atoms with Crippen LogP contribution in [-0.2, 0) is 9.47 Å². The number of carbonyl (C=O) groups excluding carboxylic acids is 1. The first-order valence-corrected chi connectivity index (χ1v) is 8.39. The van der Waals surface area contributed by atoms with Gasteiger partial charge in [-0.15, -0.1) is 0 Å². The molecule has 0 amide bonds. The van der Waals surface area contributed by atoms with Crippen molar-refractivity contribution in [3.05, 3.63) is 43.0 Å². The Hall–Kier alpha value is -3.28. The normalized spacial score (nSPS) is 24.4. The monoisotopic (exact) mass is 387 g/mol. The van der Waals surface area contributed by atoms with E-state index in [-0.39, 0.29) is 11.6 Å². The molecule has 4 N–H and O–H groups in total. The number of rotatable bonds is 4. The summed E-state index contributed by atoms with van der Waals surface area (Å²) in [6.07, 6.45) is -2.85. The molecule has 146 valence electrons. The Kier molecular flexibility index (Phi) is 4.77. The van der Waals surface area contributed by atoms with Crippen LogP contribution in [0.25, 0.3) is 11.2 Å². The Balaban J connectivity index is 1.54. The molecular formula is C17H17N5O6. The molecule has 28 heavy (non-hydrogen) atoms. The van der Waals surface area contributed by atoms with Crippen molar-refractivity contribution in [2.45, 2.75) is 24.5 Å². The minimum absolute atomic E-state index is 0.175. The van der Waals surface area contributed by atoms with E-state index in [0.717, 1.165) is 0 Å². The number of hydrogen-bond donors (Lipinski definition) is 3. The Labute approximate surface area is 158 Å². The number of aliphatic hydroxyl groups excluding tert-OH is 2. The predicted molar refractivity (Wildman–Crippen MR) is 94.1 cm³/mol. The maximum Gasteiger partial charge on any atom is 0.514 e. The molecule has 1 fully saturated rings. The van der Waals surface area contributed by atoms with Crippen molar-refractivity contribution in [3.63, 3.8) is 0 Å². The second-order valence-corrected chi connectivity index (χ2v) is 6.07. The van der Waals surface area contributed by atoms with Crippen LogP contribution >= 0.6 is 0 Å². The number of nitrogens with zero attached hydrogens (tertiary/aromatic N) is 4. The summed E-state index contributed by atoms with van der Waals surface area (Å²) >= 11 is 0. The molecule has 11 heteroatoms. The highest BCUT2D eigenvalue weighted by atomic mass is 16.7. The number of nitrogen functional groups attached to an aromatic ring is 1. The summed E-state index contributed by atoms with van der Waals surface area (Å²) < 4.78 is 17.4. The van der Waals surface area contributed by atoms with Gasteiger partial charge in [-0.2, -0.15) is 0 Å². The van der Waals surface area contributed by atoms with E-state index in [1.807, 2.05) is 0 Å². The number of aromatic nitrogens is 4. The summed E-state index contributed by atoms with van der Waals surface area (Å²) in [4.78, 5) is 24.1. The zero-order chi connectivity index (χ0) is 19.7. The molecule has 3 aromatic rings. The SMILES string of the molecule is Nc1ncnc2c1ncn2[C@@H]1O[C@H](CO)[C@@H](OC(=O)Oc2ccccc2)[C@H]1O. The fourth-order valence-corrected chi connectivity index (χ4v) is 3.02. The van der Waals surface area contributed by atoms with Gasteiger partial charge in [-0.1, -0.05) is 18.2 Å². The third kappa shape index (κ3) is 3.22. The lowest BCUT2D eigenvalue weighted by molar-refractivity contribution is -0.0531. The van der Waals surface area contributed by atoms with Crippen molar-refractivity contribution >= 4 is 23.1 Å². The van der Waals surface area contributed by atoms with Gasteiger partial charge in [0.2, 0.25) is 0 Å². The number of para-hydroxylation sites is 1. The van der Waals surface area contributed by atoms with E-state index in [9.17, 15) is 15.0 Å². The summed E-state index contributed by atoms with van der Waals surface area (Å²) in [5.41, 5.74) is 6.44. The molecular weight excluding hydrogens is 370 g/mol. The number of benzene rings is 1. The van der Waals surface area contributed by atoms with Gasteiger partial charge in [-0.3, -0.25) is 4.57 Å². The summed E-state index contributed by atoms with van der Waals surface area (Å²) in [6.45, 7) is -0.486. The molecule has 1 saturated heterocycles. The van der Waals surface area contributed by atoms with Gasteiger partial charge in [0.05, 0.1) is 12.9 Å². The Morgan fingerprint density at radius 2 is 2.04 bits per heavy atom. The molecule has 2 aromatic heterocycles. The van der Waals surface area contributed by atoms with E-state index < -0.39 is 37.3 Å². The van der Waals surface area contributed by atoms with Gasteiger partial charge in [-0.25, -0.2) is 19.7 Å². The van der Waals surface area contributed by atoms with Gasteiger partial charge in [0.1, 0.15) is 29.8 Å². The van der Waals surface area contributed by atoms with Crippen LogP contribution in [0.5, 0.6) is 5.75 Å². The van der Waals surface area contributed by atoms with Crippen LogP contribution in [0.3, 0.4) is 0 Å². The molecule has 0 saturated carbocycles. The number of hydrogen-bond acceptors (Lipinski definition) is 10. The maximum atomic E-state index is 12.1. The van der Waals surface area contributed by atoms with Crippen molar-refractivity contribution in [2.75, 3.05) is 12.3 Å². The van der Waals surface area contributed by atoms with E-state index in [1.54, 1.807) is 30.3 Å². The van der Waals surface area contributed by atoms with E-state index in [1.165, 1.54) is 17.2 Å². The second-order valence-electron chi connectivity index (χ2n) is 6.07. The van der Waals surface area contributed by atoms with Crippen LogP contribution in [0.1, 0.15) is 6.23 Å². The Morgan fingerprint density at radius 1 is 1.25 bits per heavy atom. The zero-order valence-corrected chi connectivity index (χ0v) is 14.5. The van der Waals surface area contributed by atoms with Crippen molar-refractivity contribution in [3.8, 4) is 5.75 Å². The highest BCUT2D eigenvalue weighted by molar-refractivity contribution is 5.81. The number of aliphatic hydroxyl groups is 2. The van der Waals surface area contributed by atoms with Gasteiger partial charge in [0, 0.05) is 0 Å². The van der Waals surface area contributed by atoms with Crippen molar-refractivity contribution < 1.29 is 29.2 Å². The lowest BCUT2D eigenvalue weighted by Crippen LogP contribution is -2.38. The molecule has 0 radical (unpaired) electrons. The molecule has 11 nitrogen and oxygen atoms in total. The van der Waals surface area contributed by atoms with E-state index in [4.69, 9.17) is 19.9 Å². The largest absolute Gasteiger partial charge is 0.514 e. The number of fused-ring (bicyclic) bond motifs is 1. The molecule has 4 atom stereocenters. The highest BCUT2D eigenvalue weighted by Crippen LogP contribution is 2.33. The van der Waals surface area contributed by atoms with Crippen molar-refractivity contribution in [2.24, 2.45) is 0 Å². The highest BCUT2D eigenvalue weighted by Gasteiger charge is 2.47. The fourth-order valence-electron chi connectivity index (χ4n) is 3.02. The second kappa shape index (κ2) is 7.38. The number of anilines is 1. The number of ether oxygens (including phenoxy) is 3. The molecule has 0 aliphatic carbocycles. The third-order valence-corrected chi connectivity index (χ3v) is 4.33. The van der Waals surface area contributed by atoms with Crippen molar-refractivity contribution in [1.29, 1.82) is 0 Å². The number of imidazole rings is 1. The Morgan fingerprint density at radius 3 is 2.79 bits per heavy atom. The molecule has 3 heterocycles. The molecule has 4 rings (SSSR count). The van der Waals surface area contributed by atoms with Crippen LogP contribution < -0.4 is 10.5 Å². The third-order valence-electron chi connectivity index (χ3n) is 4.33. The van der Waals surface area contributed by atoms with Gasteiger partial charge < -0.3 is 30.2 Å². The predicted octanol–water partition coefficient (Wildman–Crippen LogP) is 0.243. The molecule has 1 aliphatic heterocycles. The average molecular weight is 387 g/mol. The zero-order valence-electron chi connectivity index (χ0n) is 14.5. The first kappa shape index (κ1) is 18.1. The fraction of sp³-hybridized carbons (Fsp3) is 0.294. The van der Waals surface area contributed by atoms with Gasteiger partial charge >= 0.3 is 6.16 Å². The maximum absolute atomic E-state index is 12.1. The number of carbonyl (C=O) groups is 1. The van der Waals surface area contributed by atoms with E-state index in [0.29, 0.717) is 11.2 Å². The van der Waals surface area contributed by atoms with Crippen molar-refractivity contribution in [1.82, 2.24) is 19.5 Å².